The summed E-state index contributed by atoms with van der Waals surface area (Å²) >= 11 is 0. The SMILES string of the molecule is COc1ccc(C(=O)Nc2c(-c3ccccc3)c(=O)c(C)nn2-c2ccc(C)c(C)c2)cc1. The summed E-state index contributed by atoms with van der Waals surface area (Å²) in [6.07, 6.45) is 0. The molecule has 1 amide bonds. The van der Waals surface area contributed by atoms with Crippen LogP contribution in [-0.2, 0) is 0 Å². The maximum Gasteiger partial charge on any atom is 0.256 e. The monoisotopic (exact) mass is 439 g/mol. The van der Waals surface area contributed by atoms with Crippen LogP contribution in [0.3, 0.4) is 0 Å². The van der Waals surface area contributed by atoms with Crippen molar-refractivity contribution in [1.82, 2.24) is 9.78 Å². The quantitative estimate of drug-likeness (QED) is 0.470. The summed E-state index contributed by atoms with van der Waals surface area (Å²) < 4.78 is 6.82. The van der Waals surface area contributed by atoms with Crippen LogP contribution in [0.4, 0.5) is 5.82 Å². The van der Waals surface area contributed by atoms with Crippen molar-refractivity contribution in [2.24, 2.45) is 0 Å². The van der Waals surface area contributed by atoms with E-state index in [9.17, 15) is 9.59 Å². The number of anilines is 1. The number of aryl methyl sites for hydroxylation is 3. The largest absolute Gasteiger partial charge is 0.497 e. The van der Waals surface area contributed by atoms with Gasteiger partial charge in [0.25, 0.3) is 5.91 Å². The Labute approximate surface area is 192 Å². The molecule has 0 spiro atoms. The number of nitrogens with one attached hydrogen (secondary N) is 1. The van der Waals surface area contributed by atoms with E-state index in [-0.39, 0.29) is 11.3 Å². The van der Waals surface area contributed by atoms with Gasteiger partial charge in [0.1, 0.15) is 17.3 Å². The molecule has 1 aromatic heterocycles. The predicted octanol–water partition coefficient (Wildman–Crippen LogP) is 5.09. The molecule has 3 aromatic carbocycles. The molecule has 4 aromatic rings. The fraction of sp³-hybridized carbons (Fsp3) is 0.148. The summed E-state index contributed by atoms with van der Waals surface area (Å²) in [6, 6.07) is 22.0. The molecule has 0 saturated carbocycles. The Bertz CT molecular complexity index is 1370. The molecule has 0 bridgehead atoms. The van der Waals surface area contributed by atoms with Crippen LogP contribution in [0.25, 0.3) is 16.8 Å². The lowest BCUT2D eigenvalue weighted by Gasteiger charge is -2.19. The molecule has 0 radical (unpaired) electrons. The van der Waals surface area contributed by atoms with Crippen molar-refractivity contribution < 1.29 is 9.53 Å². The lowest BCUT2D eigenvalue weighted by Crippen LogP contribution is -2.25. The molecule has 0 unspecified atom stereocenters. The molecule has 1 N–H and O–H groups in total. The van der Waals surface area contributed by atoms with Crippen LogP contribution in [0.2, 0.25) is 0 Å². The molecule has 6 nitrogen and oxygen atoms in total. The Hall–Kier alpha value is -4.19. The van der Waals surface area contributed by atoms with Gasteiger partial charge in [-0.05, 0) is 73.9 Å². The Balaban J connectivity index is 1.93. The Morgan fingerprint density at radius 1 is 0.909 bits per heavy atom. The van der Waals surface area contributed by atoms with Crippen molar-refractivity contribution in [3.8, 4) is 22.6 Å². The minimum Gasteiger partial charge on any atom is -0.497 e. The fourth-order valence-corrected chi connectivity index (χ4v) is 3.59. The summed E-state index contributed by atoms with van der Waals surface area (Å²) in [7, 11) is 1.57. The second kappa shape index (κ2) is 9.12. The molecule has 1 heterocycles. The molecule has 0 atom stereocenters. The summed E-state index contributed by atoms with van der Waals surface area (Å²) in [5, 5.41) is 7.50. The number of hydrogen-bond donors (Lipinski definition) is 1. The van der Waals surface area contributed by atoms with Gasteiger partial charge in [-0.3, -0.25) is 9.59 Å². The zero-order valence-electron chi connectivity index (χ0n) is 19.0. The third kappa shape index (κ3) is 4.41. The van der Waals surface area contributed by atoms with Gasteiger partial charge in [-0.1, -0.05) is 36.4 Å². The van der Waals surface area contributed by atoms with Gasteiger partial charge in [0.15, 0.2) is 0 Å². The molecule has 4 rings (SSSR count). The summed E-state index contributed by atoms with van der Waals surface area (Å²) in [5.74, 6) is 0.624. The summed E-state index contributed by atoms with van der Waals surface area (Å²) in [5.41, 5.74) is 4.63. The van der Waals surface area contributed by atoms with Crippen molar-refractivity contribution in [2.75, 3.05) is 12.4 Å². The van der Waals surface area contributed by atoms with Crippen molar-refractivity contribution in [3.05, 3.63) is 105 Å². The second-order valence-electron chi connectivity index (χ2n) is 7.87. The molecular formula is C27H25N3O3. The number of methoxy groups -OCH3 is 1. The van der Waals surface area contributed by atoms with Gasteiger partial charge in [0.2, 0.25) is 5.43 Å². The first-order valence-electron chi connectivity index (χ1n) is 10.6. The van der Waals surface area contributed by atoms with E-state index in [1.807, 2.05) is 62.4 Å². The van der Waals surface area contributed by atoms with Crippen LogP contribution in [0, 0.1) is 20.8 Å². The molecule has 166 valence electrons. The average molecular weight is 440 g/mol. The minimum atomic E-state index is -0.350. The number of aromatic nitrogens is 2. The highest BCUT2D eigenvalue weighted by Crippen LogP contribution is 2.28. The van der Waals surface area contributed by atoms with Gasteiger partial charge in [-0.15, -0.1) is 0 Å². The average Bonchev–Trinajstić information content (AvgIpc) is 2.83. The van der Waals surface area contributed by atoms with E-state index < -0.39 is 0 Å². The maximum atomic E-state index is 13.3. The molecule has 6 heteroatoms. The lowest BCUT2D eigenvalue weighted by molar-refractivity contribution is 0.102. The van der Waals surface area contributed by atoms with E-state index in [0.29, 0.717) is 34.0 Å². The normalized spacial score (nSPS) is 10.7. The Kier molecular flexibility index (Phi) is 6.09. The molecule has 0 aliphatic carbocycles. The van der Waals surface area contributed by atoms with E-state index in [4.69, 9.17) is 4.74 Å². The molecule has 33 heavy (non-hydrogen) atoms. The van der Waals surface area contributed by atoms with Crippen LogP contribution < -0.4 is 15.5 Å². The van der Waals surface area contributed by atoms with Gasteiger partial charge in [-0.25, -0.2) is 4.68 Å². The van der Waals surface area contributed by atoms with Crippen LogP contribution >= 0.6 is 0 Å². The zero-order chi connectivity index (χ0) is 23.5. The summed E-state index contributed by atoms with van der Waals surface area (Å²) in [4.78, 5) is 26.5. The number of nitrogens with zero attached hydrogens (tertiary/aromatic N) is 2. The van der Waals surface area contributed by atoms with Crippen molar-refractivity contribution in [2.45, 2.75) is 20.8 Å². The Morgan fingerprint density at radius 3 is 2.24 bits per heavy atom. The van der Waals surface area contributed by atoms with E-state index in [1.54, 1.807) is 43.0 Å². The van der Waals surface area contributed by atoms with Gasteiger partial charge in [-0.2, -0.15) is 5.10 Å². The molecule has 0 saturated heterocycles. The highest BCUT2D eigenvalue weighted by Gasteiger charge is 2.21. The van der Waals surface area contributed by atoms with Gasteiger partial charge in [0.05, 0.1) is 18.4 Å². The highest BCUT2D eigenvalue weighted by atomic mass is 16.5. The van der Waals surface area contributed by atoms with Crippen LogP contribution in [0.1, 0.15) is 27.2 Å². The van der Waals surface area contributed by atoms with Crippen LogP contribution in [0.5, 0.6) is 5.75 Å². The van der Waals surface area contributed by atoms with E-state index in [1.165, 1.54) is 0 Å². The molecule has 0 fully saturated rings. The maximum absolute atomic E-state index is 13.3. The third-order valence-electron chi connectivity index (χ3n) is 5.64. The number of carbonyl (C=O) groups is 1. The summed E-state index contributed by atoms with van der Waals surface area (Å²) in [6.45, 7) is 5.73. The van der Waals surface area contributed by atoms with Crippen molar-refractivity contribution in [1.29, 1.82) is 0 Å². The van der Waals surface area contributed by atoms with E-state index >= 15 is 0 Å². The van der Waals surface area contributed by atoms with Crippen LogP contribution in [-0.4, -0.2) is 22.8 Å². The number of carbonyl (C=O) groups excluding carboxylic acids is 1. The number of ether oxygens (including phenoxy) is 1. The van der Waals surface area contributed by atoms with Gasteiger partial charge >= 0.3 is 0 Å². The smallest absolute Gasteiger partial charge is 0.256 e. The highest BCUT2D eigenvalue weighted by molar-refractivity contribution is 6.05. The predicted molar refractivity (Wildman–Crippen MR) is 130 cm³/mol. The minimum absolute atomic E-state index is 0.230. The van der Waals surface area contributed by atoms with E-state index in [2.05, 4.69) is 10.4 Å². The topological polar surface area (TPSA) is 73.2 Å². The fourth-order valence-electron chi connectivity index (χ4n) is 3.59. The van der Waals surface area contributed by atoms with Gasteiger partial charge in [0, 0.05) is 5.56 Å². The van der Waals surface area contributed by atoms with Crippen molar-refractivity contribution in [3.63, 3.8) is 0 Å². The number of amides is 1. The third-order valence-corrected chi connectivity index (χ3v) is 5.64. The standard InChI is InChI=1S/C27H25N3O3/c1-17-10-13-22(16-18(17)2)30-26(28-27(32)21-11-14-23(33-4)15-12-21)24(25(31)19(3)29-30)20-8-6-5-7-9-20/h5-16H,1-4H3,(H,28,32). The molecular weight excluding hydrogens is 414 g/mol. The Morgan fingerprint density at radius 2 is 1.61 bits per heavy atom. The first kappa shape index (κ1) is 22.0. The zero-order valence-corrected chi connectivity index (χ0v) is 19.0. The number of hydrogen-bond acceptors (Lipinski definition) is 4. The number of benzene rings is 3. The number of rotatable bonds is 5. The van der Waals surface area contributed by atoms with Gasteiger partial charge < -0.3 is 10.1 Å². The molecule has 0 aliphatic rings. The first-order chi connectivity index (χ1) is 15.9. The second-order valence-corrected chi connectivity index (χ2v) is 7.87. The molecule has 0 aliphatic heterocycles. The lowest BCUT2D eigenvalue weighted by atomic mass is 10.0. The van der Waals surface area contributed by atoms with Crippen LogP contribution in [0.15, 0.2) is 77.6 Å². The van der Waals surface area contributed by atoms with Crippen molar-refractivity contribution >= 4 is 11.7 Å². The van der Waals surface area contributed by atoms with E-state index in [0.717, 1.165) is 16.8 Å². The first-order valence-corrected chi connectivity index (χ1v) is 10.6.